The molecule has 0 saturated carbocycles. The molecule has 0 aliphatic rings. The highest BCUT2D eigenvalue weighted by Gasteiger charge is 2.20. The molecule has 25 heavy (non-hydrogen) atoms. The Hall–Kier alpha value is -3.00. The number of nitrogens with one attached hydrogen (secondary N) is 1. The van der Waals surface area contributed by atoms with E-state index in [0.717, 1.165) is 16.3 Å². The predicted molar refractivity (Wildman–Crippen MR) is 91.0 cm³/mol. The van der Waals surface area contributed by atoms with Gasteiger partial charge in [-0.05, 0) is 25.5 Å². The van der Waals surface area contributed by atoms with Crippen molar-refractivity contribution in [2.24, 2.45) is 0 Å². The summed E-state index contributed by atoms with van der Waals surface area (Å²) < 4.78 is 10.8. The molecule has 2 aromatic rings. The van der Waals surface area contributed by atoms with Crippen LogP contribution in [0.15, 0.2) is 35.1 Å². The summed E-state index contributed by atoms with van der Waals surface area (Å²) in [6, 6.07) is 8.26. The van der Waals surface area contributed by atoms with Gasteiger partial charge in [-0.15, -0.1) is 0 Å². The summed E-state index contributed by atoms with van der Waals surface area (Å²) in [6.45, 7) is 3.39. The maximum Gasteiger partial charge on any atom is 0.360 e. The van der Waals surface area contributed by atoms with Crippen LogP contribution >= 0.6 is 0 Å². The molecule has 0 aliphatic heterocycles. The van der Waals surface area contributed by atoms with E-state index >= 15 is 0 Å². The van der Waals surface area contributed by atoms with Gasteiger partial charge in [-0.1, -0.05) is 18.2 Å². The first kappa shape index (κ1) is 18.3. The first-order valence-electron chi connectivity index (χ1n) is 7.64. The maximum atomic E-state index is 12.4. The number of aryl methyl sites for hydroxylation is 1. The van der Waals surface area contributed by atoms with Crippen LogP contribution in [0.2, 0.25) is 0 Å². The topological polar surface area (TPSA) is 99.5 Å². The second kappa shape index (κ2) is 8.20. The lowest BCUT2D eigenvalue weighted by atomic mass is 10.2. The van der Waals surface area contributed by atoms with Crippen molar-refractivity contribution >= 4 is 17.6 Å². The van der Waals surface area contributed by atoms with E-state index in [-0.39, 0.29) is 24.6 Å². The van der Waals surface area contributed by atoms with Gasteiger partial charge in [0.05, 0.1) is 18.0 Å². The Labute approximate surface area is 144 Å². The van der Waals surface area contributed by atoms with Crippen molar-refractivity contribution in [1.29, 1.82) is 0 Å². The third kappa shape index (κ3) is 4.30. The largest absolute Gasteiger partial charge is 0.461 e. The number of carbonyl (C=O) groups is 2. The molecule has 8 heteroatoms. The standard InChI is InChI=1S/C17H19N3O5/c1-4-25-17(23)16-12(18-14(21)10-24-3)9-15(22)20(19-16)13-8-6-5-7-11(13)2/h5-9H,4,10H2,1-3H3,(H,18,21). The van der Waals surface area contributed by atoms with E-state index in [1.165, 1.54) is 7.11 Å². The third-order valence-electron chi connectivity index (χ3n) is 3.29. The van der Waals surface area contributed by atoms with Gasteiger partial charge in [0.25, 0.3) is 5.56 Å². The zero-order chi connectivity index (χ0) is 18.4. The Bertz CT molecular complexity index is 844. The van der Waals surface area contributed by atoms with Gasteiger partial charge in [0, 0.05) is 13.2 Å². The van der Waals surface area contributed by atoms with Gasteiger partial charge in [-0.2, -0.15) is 9.78 Å². The smallest absolute Gasteiger partial charge is 0.360 e. The zero-order valence-corrected chi connectivity index (χ0v) is 14.2. The molecule has 1 amide bonds. The molecular formula is C17H19N3O5. The average Bonchev–Trinajstić information content (AvgIpc) is 2.56. The van der Waals surface area contributed by atoms with E-state index < -0.39 is 17.4 Å². The number of nitrogens with zero attached hydrogens (tertiary/aromatic N) is 2. The van der Waals surface area contributed by atoms with Crippen molar-refractivity contribution in [2.75, 3.05) is 25.6 Å². The normalized spacial score (nSPS) is 10.4. The van der Waals surface area contributed by atoms with Crippen molar-refractivity contribution in [3.63, 3.8) is 0 Å². The molecule has 8 nitrogen and oxygen atoms in total. The van der Waals surface area contributed by atoms with Crippen molar-refractivity contribution < 1.29 is 19.1 Å². The maximum absolute atomic E-state index is 12.4. The highest BCUT2D eigenvalue weighted by molar-refractivity contribution is 6.00. The van der Waals surface area contributed by atoms with Crippen LogP contribution in [0, 0.1) is 6.92 Å². The summed E-state index contributed by atoms with van der Waals surface area (Å²) in [5.74, 6) is -1.25. The molecule has 1 N–H and O–H groups in total. The number of methoxy groups -OCH3 is 1. The van der Waals surface area contributed by atoms with Crippen LogP contribution in [0.25, 0.3) is 5.69 Å². The molecule has 0 atom stereocenters. The monoisotopic (exact) mass is 345 g/mol. The van der Waals surface area contributed by atoms with Crippen LogP contribution in [0.3, 0.4) is 0 Å². The number of aromatic nitrogens is 2. The fourth-order valence-electron chi connectivity index (χ4n) is 2.19. The zero-order valence-electron chi connectivity index (χ0n) is 14.2. The summed E-state index contributed by atoms with van der Waals surface area (Å²) in [6.07, 6.45) is 0. The molecule has 132 valence electrons. The lowest BCUT2D eigenvalue weighted by molar-refractivity contribution is -0.119. The van der Waals surface area contributed by atoms with E-state index in [1.54, 1.807) is 19.1 Å². The average molecular weight is 345 g/mol. The second-order valence-electron chi connectivity index (χ2n) is 5.14. The van der Waals surface area contributed by atoms with Gasteiger partial charge >= 0.3 is 5.97 Å². The SMILES string of the molecule is CCOC(=O)c1nn(-c2ccccc2C)c(=O)cc1NC(=O)COC. The van der Waals surface area contributed by atoms with Crippen LogP contribution in [0.4, 0.5) is 5.69 Å². The van der Waals surface area contributed by atoms with E-state index in [9.17, 15) is 14.4 Å². The molecule has 0 aliphatic carbocycles. The second-order valence-corrected chi connectivity index (χ2v) is 5.14. The quantitative estimate of drug-likeness (QED) is 0.792. The predicted octanol–water partition coefficient (Wildman–Crippen LogP) is 1.30. The molecule has 0 fully saturated rings. The van der Waals surface area contributed by atoms with Gasteiger partial charge in [0.1, 0.15) is 6.61 Å². The molecule has 1 aromatic heterocycles. The van der Waals surface area contributed by atoms with Crippen LogP contribution < -0.4 is 10.9 Å². The fourth-order valence-corrected chi connectivity index (χ4v) is 2.19. The summed E-state index contributed by atoms with van der Waals surface area (Å²) in [4.78, 5) is 36.4. The number of anilines is 1. The Morgan fingerprint density at radius 3 is 2.64 bits per heavy atom. The molecule has 0 spiro atoms. The number of rotatable bonds is 6. The number of carbonyl (C=O) groups excluding carboxylic acids is 2. The van der Waals surface area contributed by atoms with E-state index in [0.29, 0.717) is 5.69 Å². The Morgan fingerprint density at radius 1 is 1.28 bits per heavy atom. The van der Waals surface area contributed by atoms with Crippen molar-refractivity contribution in [3.05, 3.63) is 51.9 Å². The number of benzene rings is 1. The van der Waals surface area contributed by atoms with Gasteiger partial charge in [-0.3, -0.25) is 9.59 Å². The Morgan fingerprint density at radius 2 is 2.00 bits per heavy atom. The molecule has 2 rings (SSSR count). The molecule has 0 radical (unpaired) electrons. The molecule has 1 heterocycles. The third-order valence-corrected chi connectivity index (χ3v) is 3.29. The van der Waals surface area contributed by atoms with Crippen molar-refractivity contribution in [2.45, 2.75) is 13.8 Å². The van der Waals surface area contributed by atoms with Gasteiger partial charge in [-0.25, -0.2) is 4.79 Å². The minimum atomic E-state index is -0.738. The van der Waals surface area contributed by atoms with Crippen LogP contribution in [-0.4, -0.2) is 42.0 Å². The number of amides is 1. The Balaban J connectivity index is 2.56. The van der Waals surface area contributed by atoms with Gasteiger partial charge < -0.3 is 14.8 Å². The van der Waals surface area contributed by atoms with Gasteiger partial charge in [0.2, 0.25) is 5.91 Å². The van der Waals surface area contributed by atoms with Crippen molar-refractivity contribution in [3.8, 4) is 5.69 Å². The highest BCUT2D eigenvalue weighted by Crippen LogP contribution is 2.15. The van der Waals surface area contributed by atoms with E-state index in [4.69, 9.17) is 9.47 Å². The van der Waals surface area contributed by atoms with Crippen LogP contribution in [-0.2, 0) is 14.3 Å². The van der Waals surface area contributed by atoms with Gasteiger partial charge in [0.15, 0.2) is 5.69 Å². The first-order valence-corrected chi connectivity index (χ1v) is 7.64. The molecule has 0 saturated heterocycles. The Kier molecular flexibility index (Phi) is 6.02. The summed E-state index contributed by atoms with van der Waals surface area (Å²) >= 11 is 0. The van der Waals surface area contributed by atoms with Crippen LogP contribution in [0.5, 0.6) is 0 Å². The summed E-state index contributed by atoms with van der Waals surface area (Å²) in [5.41, 5.74) is 0.676. The highest BCUT2D eigenvalue weighted by atomic mass is 16.5. The van der Waals surface area contributed by atoms with E-state index in [2.05, 4.69) is 10.4 Å². The summed E-state index contributed by atoms with van der Waals surface area (Å²) in [5, 5.41) is 6.55. The number of esters is 1. The lowest BCUT2D eigenvalue weighted by Crippen LogP contribution is -2.28. The number of hydrogen-bond donors (Lipinski definition) is 1. The lowest BCUT2D eigenvalue weighted by Gasteiger charge is -2.13. The number of hydrogen-bond acceptors (Lipinski definition) is 6. The minimum Gasteiger partial charge on any atom is -0.461 e. The fraction of sp³-hybridized carbons (Fsp3) is 0.294. The van der Waals surface area contributed by atoms with E-state index in [1.807, 2.05) is 19.1 Å². The summed E-state index contributed by atoms with van der Waals surface area (Å²) in [7, 11) is 1.36. The molecular weight excluding hydrogens is 326 g/mol. The molecule has 0 unspecified atom stereocenters. The number of ether oxygens (including phenoxy) is 2. The molecule has 1 aromatic carbocycles. The number of para-hydroxylation sites is 1. The first-order chi connectivity index (χ1) is 12.0. The minimum absolute atomic E-state index is 0.0182. The molecule has 0 bridgehead atoms. The van der Waals surface area contributed by atoms with Crippen molar-refractivity contribution in [1.82, 2.24) is 9.78 Å². The van der Waals surface area contributed by atoms with Crippen LogP contribution in [0.1, 0.15) is 23.0 Å².